The molecule has 0 bridgehead atoms. The maximum absolute atomic E-state index is 9.87. The summed E-state index contributed by atoms with van der Waals surface area (Å²) in [5.41, 5.74) is 1.08. The fraction of sp³-hybridized carbons (Fsp3) is 0.429. The van der Waals surface area contributed by atoms with Gasteiger partial charge in [0, 0.05) is 0 Å². The van der Waals surface area contributed by atoms with Crippen LogP contribution in [0.15, 0.2) is 24.3 Å². The average molecular weight is 150 g/mol. The van der Waals surface area contributed by atoms with Gasteiger partial charge in [0.25, 0.3) is 0 Å². The number of hydrogen-bond donors (Lipinski definition) is 0. The van der Waals surface area contributed by atoms with Crippen LogP contribution in [0.3, 0.4) is 0 Å². The maximum atomic E-state index is 9.87. The van der Waals surface area contributed by atoms with Crippen LogP contribution in [0, 0.1) is 0 Å². The van der Waals surface area contributed by atoms with Gasteiger partial charge in [-0.3, -0.25) is 0 Å². The molecule has 0 aromatic rings. The summed E-state index contributed by atoms with van der Waals surface area (Å²) < 4.78 is 0. The normalized spacial score (nSPS) is 10.2. The van der Waals surface area contributed by atoms with Crippen molar-refractivity contribution in [1.82, 2.24) is 0 Å². The number of rotatable bonds is 3. The van der Waals surface area contributed by atoms with Crippen LogP contribution in [0.1, 0.15) is 13.3 Å². The van der Waals surface area contributed by atoms with E-state index in [0.29, 0.717) is 6.42 Å². The van der Waals surface area contributed by atoms with E-state index in [-0.39, 0.29) is 58.0 Å². The van der Waals surface area contributed by atoms with Crippen molar-refractivity contribution in [1.29, 1.82) is 0 Å². The molecule has 0 aromatic carbocycles. The molecule has 2 heteroatoms. The van der Waals surface area contributed by atoms with Crippen LogP contribution in [-0.2, 0) is 0 Å². The Labute approximate surface area is 99.3 Å². The Bertz CT molecular complexity index is 97.1. The fourth-order valence-corrected chi connectivity index (χ4v) is 0.370. The van der Waals surface area contributed by atoms with Crippen LogP contribution in [-0.4, -0.2) is 6.61 Å². The first kappa shape index (κ1) is 12.7. The molecule has 0 spiro atoms. The molecule has 0 aromatic heterocycles. The summed E-state index contributed by atoms with van der Waals surface area (Å²) in [5, 5.41) is 9.87. The van der Waals surface area contributed by atoms with Crippen LogP contribution in [0.25, 0.3) is 0 Å². The van der Waals surface area contributed by atoms with Crippen molar-refractivity contribution in [3.63, 3.8) is 0 Å². The molecule has 46 valence electrons. The Kier molecular flexibility index (Phi) is 12.8. The molecule has 0 atom stereocenters. The largest absolute Gasteiger partial charge is 1.00 e. The van der Waals surface area contributed by atoms with Crippen LogP contribution in [0.4, 0.5) is 0 Å². The van der Waals surface area contributed by atoms with Gasteiger partial charge in [0.05, 0.1) is 0 Å². The van der Waals surface area contributed by atoms with Crippen LogP contribution in [0.5, 0.6) is 0 Å². The first-order valence-corrected chi connectivity index (χ1v) is 2.68. The molecule has 0 unspecified atom stereocenters. The molecule has 0 aliphatic rings. The molecule has 0 N–H and O–H groups in total. The summed E-state index contributed by atoms with van der Waals surface area (Å²) in [7, 11) is 0. The molecule has 0 saturated heterocycles. The zero-order valence-electron chi connectivity index (χ0n) is 6.18. The van der Waals surface area contributed by atoms with Crippen LogP contribution < -0.4 is 56.5 Å². The van der Waals surface area contributed by atoms with Gasteiger partial charge < -0.3 is 5.11 Å². The smallest absolute Gasteiger partial charge is 0.854 e. The minimum Gasteiger partial charge on any atom is -0.854 e. The van der Waals surface area contributed by atoms with Gasteiger partial charge in [0.15, 0.2) is 0 Å². The van der Waals surface area contributed by atoms with Crippen molar-refractivity contribution in [3.8, 4) is 0 Å². The predicted octanol–water partition coefficient (Wildman–Crippen LogP) is -2.13. The average Bonchev–Trinajstić information content (AvgIpc) is 1.83. The van der Waals surface area contributed by atoms with E-state index in [1.165, 1.54) is 0 Å². The molecule has 0 aliphatic heterocycles. The van der Waals surface area contributed by atoms with Gasteiger partial charge in [-0.25, -0.2) is 0 Å². The Morgan fingerprint density at radius 3 is 2.56 bits per heavy atom. The standard InChI is InChI=1S/C7H11O.K/c1-3-7(2)5-4-6-8;/h3,5H,1,4,6H2,2H3;/q-1;+1/b7-5+;. The zero-order valence-corrected chi connectivity index (χ0v) is 9.31. The summed E-state index contributed by atoms with van der Waals surface area (Å²) in [4.78, 5) is 0. The molecule has 9 heavy (non-hydrogen) atoms. The SMILES string of the molecule is C=C/C(C)=C/CC[O-].[K+]. The van der Waals surface area contributed by atoms with Gasteiger partial charge in [-0.15, -0.1) is 6.61 Å². The van der Waals surface area contributed by atoms with Crippen LogP contribution >= 0.6 is 0 Å². The van der Waals surface area contributed by atoms with Gasteiger partial charge in [0.2, 0.25) is 0 Å². The van der Waals surface area contributed by atoms with E-state index in [9.17, 15) is 5.11 Å². The summed E-state index contributed by atoms with van der Waals surface area (Å²) in [6, 6.07) is 0. The molecule has 0 aliphatic carbocycles. The predicted molar refractivity (Wildman–Crippen MR) is 33.4 cm³/mol. The van der Waals surface area contributed by atoms with Gasteiger partial charge in [-0.1, -0.05) is 24.3 Å². The van der Waals surface area contributed by atoms with E-state index in [1.807, 2.05) is 13.0 Å². The quantitative estimate of drug-likeness (QED) is 0.333. The first-order valence-electron chi connectivity index (χ1n) is 2.68. The fourth-order valence-electron chi connectivity index (χ4n) is 0.370. The third-order valence-electron chi connectivity index (χ3n) is 0.906. The second-order valence-electron chi connectivity index (χ2n) is 1.65. The zero-order chi connectivity index (χ0) is 6.41. The van der Waals surface area contributed by atoms with E-state index >= 15 is 0 Å². The van der Waals surface area contributed by atoms with Gasteiger partial charge in [-0.05, 0) is 13.3 Å². The van der Waals surface area contributed by atoms with E-state index in [1.54, 1.807) is 6.08 Å². The Morgan fingerprint density at radius 2 is 2.22 bits per heavy atom. The van der Waals surface area contributed by atoms with Crippen molar-refractivity contribution in [2.75, 3.05) is 6.61 Å². The number of hydrogen-bond acceptors (Lipinski definition) is 1. The molecule has 1 nitrogen and oxygen atoms in total. The molecule has 0 radical (unpaired) electrons. The van der Waals surface area contributed by atoms with E-state index < -0.39 is 0 Å². The van der Waals surface area contributed by atoms with Crippen molar-refractivity contribution >= 4 is 0 Å². The minimum atomic E-state index is -0.0226. The Hall–Kier alpha value is 1.08. The monoisotopic (exact) mass is 150 g/mol. The Morgan fingerprint density at radius 1 is 1.67 bits per heavy atom. The molecular weight excluding hydrogens is 139 g/mol. The first-order chi connectivity index (χ1) is 3.81. The van der Waals surface area contributed by atoms with Gasteiger partial charge in [-0.2, -0.15) is 0 Å². The molecule has 0 rings (SSSR count). The summed E-state index contributed by atoms with van der Waals surface area (Å²) >= 11 is 0. The van der Waals surface area contributed by atoms with Crippen molar-refractivity contribution in [3.05, 3.63) is 24.3 Å². The minimum absolute atomic E-state index is 0. The maximum Gasteiger partial charge on any atom is 1.00 e. The van der Waals surface area contributed by atoms with Crippen molar-refractivity contribution in [2.45, 2.75) is 13.3 Å². The van der Waals surface area contributed by atoms with Gasteiger partial charge >= 0.3 is 51.4 Å². The van der Waals surface area contributed by atoms with Gasteiger partial charge in [0.1, 0.15) is 0 Å². The molecule has 0 heterocycles. The summed E-state index contributed by atoms with van der Waals surface area (Å²) in [6.45, 7) is 5.45. The Balaban J connectivity index is 0. The second-order valence-corrected chi connectivity index (χ2v) is 1.65. The van der Waals surface area contributed by atoms with Crippen molar-refractivity contribution in [2.24, 2.45) is 0 Å². The van der Waals surface area contributed by atoms with E-state index in [0.717, 1.165) is 5.57 Å². The van der Waals surface area contributed by atoms with Crippen molar-refractivity contribution < 1.29 is 56.5 Å². The third-order valence-corrected chi connectivity index (χ3v) is 0.906. The second kappa shape index (κ2) is 9.08. The van der Waals surface area contributed by atoms with E-state index in [4.69, 9.17) is 0 Å². The summed E-state index contributed by atoms with van der Waals surface area (Å²) in [5.74, 6) is 0. The number of allylic oxidation sites excluding steroid dienone is 2. The van der Waals surface area contributed by atoms with E-state index in [2.05, 4.69) is 6.58 Å². The third kappa shape index (κ3) is 9.08. The summed E-state index contributed by atoms with van der Waals surface area (Å²) in [6.07, 6.45) is 4.26. The van der Waals surface area contributed by atoms with Crippen LogP contribution in [0.2, 0.25) is 0 Å². The molecule has 0 fully saturated rings. The topological polar surface area (TPSA) is 23.1 Å². The molecular formula is C7H11KO. The molecule has 0 saturated carbocycles. The molecule has 0 amide bonds.